The van der Waals surface area contributed by atoms with E-state index >= 15 is 0 Å². The van der Waals surface area contributed by atoms with Crippen molar-refractivity contribution < 1.29 is 53.1 Å². The Labute approximate surface area is 348 Å². The Balaban J connectivity index is 1.67. The van der Waals surface area contributed by atoms with Gasteiger partial charge in [-0.05, 0) is 85.8 Å². The number of fused-ring (bicyclic) bond motifs is 2. The number of nitrogens with one attached hydrogen (secondary N) is 1. The molecule has 5 rings (SSSR count). The molecular formula is C45H63N3O11. The number of rotatable bonds is 19. The van der Waals surface area contributed by atoms with Crippen LogP contribution in [0, 0.1) is 23.2 Å². The van der Waals surface area contributed by atoms with Crippen LogP contribution in [0.2, 0.25) is 0 Å². The molecule has 2 aromatic rings. The molecular weight excluding hydrogens is 759 g/mol. The lowest BCUT2D eigenvalue weighted by Crippen LogP contribution is -2.69. The SMILES string of the molecule is C=CCOC12Oc3ccc(OC(=O)Nc4ccc(OC)cc4OC)cc3C3C(CCCCO)C(CCCCO)C=C(C(=NOCC)CC1N(C)C(=O)OCC(C)(C)C)C32. The molecule has 6 atom stereocenters. The van der Waals surface area contributed by atoms with Crippen molar-refractivity contribution in [1.82, 2.24) is 4.90 Å². The zero-order valence-corrected chi connectivity index (χ0v) is 35.7. The molecule has 0 aromatic heterocycles. The number of ether oxygens (including phenoxy) is 6. The number of methoxy groups -OCH3 is 2. The second-order valence-electron chi connectivity index (χ2n) is 16.5. The Kier molecular flexibility index (Phi) is 15.7. The quantitative estimate of drug-likeness (QED) is 0.0712. The lowest BCUT2D eigenvalue weighted by atomic mass is 9.55. The van der Waals surface area contributed by atoms with E-state index in [1.807, 2.05) is 33.8 Å². The smallest absolute Gasteiger partial charge is 0.417 e. The van der Waals surface area contributed by atoms with Crippen LogP contribution < -0.4 is 24.3 Å². The molecule has 6 unspecified atom stereocenters. The number of carbonyl (C=O) groups excluding carboxylic acids is 2. The molecule has 0 saturated heterocycles. The molecule has 14 heteroatoms. The standard InChI is InChI=1S/C45H63N3O11/c1-9-23-56-45-39(48(6)43(52)55-28-44(3,4)5)27-36(47-57-10-2)33-24-29(15-11-13-21-49)32(16-12-14-22-50)40(41(33)45)34-25-31(18-20-37(34)59-45)58-42(51)46-35-19-17-30(53-7)26-38(35)54-8/h9,17-20,24-26,29,32,39-41,49-50H,1,10-16,21-23,27-28H2,2-8H3,(H,46,51). The highest BCUT2D eigenvalue weighted by Crippen LogP contribution is 2.62. The van der Waals surface area contributed by atoms with Crippen LogP contribution in [0.3, 0.4) is 0 Å². The zero-order chi connectivity index (χ0) is 42.7. The van der Waals surface area contributed by atoms with Crippen molar-refractivity contribution in [3.63, 3.8) is 0 Å². The lowest BCUT2D eigenvalue weighted by molar-refractivity contribution is -0.253. The first-order chi connectivity index (χ1) is 28.3. The number of benzene rings is 2. The van der Waals surface area contributed by atoms with Crippen molar-refractivity contribution in [3.05, 3.63) is 66.3 Å². The summed E-state index contributed by atoms with van der Waals surface area (Å²) in [6.07, 6.45) is 7.29. The van der Waals surface area contributed by atoms with Crippen LogP contribution in [0.1, 0.15) is 84.1 Å². The van der Waals surface area contributed by atoms with Crippen molar-refractivity contribution in [1.29, 1.82) is 0 Å². The Morgan fingerprint density at radius 1 is 1.03 bits per heavy atom. The summed E-state index contributed by atoms with van der Waals surface area (Å²) in [5, 5.41) is 27.1. The number of amides is 2. The van der Waals surface area contributed by atoms with Crippen molar-refractivity contribution in [2.24, 2.45) is 28.3 Å². The van der Waals surface area contributed by atoms with Gasteiger partial charge in [0, 0.05) is 44.2 Å². The van der Waals surface area contributed by atoms with Crippen molar-refractivity contribution >= 4 is 23.6 Å². The molecule has 0 bridgehead atoms. The predicted molar refractivity (Wildman–Crippen MR) is 224 cm³/mol. The van der Waals surface area contributed by atoms with E-state index in [1.165, 1.54) is 7.11 Å². The molecule has 324 valence electrons. The summed E-state index contributed by atoms with van der Waals surface area (Å²) >= 11 is 0. The molecule has 14 nitrogen and oxygen atoms in total. The summed E-state index contributed by atoms with van der Waals surface area (Å²) < 4.78 is 36.6. The number of aliphatic hydroxyl groups excluding tert-OH is 2. The van der Waals surface area contributed by atoms with Gasteiger partial charge >= 0.3 is 12.2 Å². The van der Waals surface area contributed by atoms with Crippen LogP contribution in [0.4, 0.5) is 15.3 Å². The van der Waals surface area contributed by atoms with Crippen LogP contribution in [-0.4, -0.2) is 99.1 Å². The van der Waals surface area contributed by atoms with E-state index in [0.29, 0.717) is 48.1 Å². The first-order valence-electron chi connectivity index (χ1n) is 20.6. The third-order valence-electron chi connectivity index (χ3n) is 11.2. The minimum absolute atomic E-state index is 0.0128. The number of hydrogen-bond acceptors (Lipinski definition) is 12. The summed E-state index contributed by atoms with van der Waals surface area (Å²) in [4.78, 5) is 34.7. The normalized spacial score (nSPS) is 23.8. The Morgan fingerprint density at radius 2 is 1.76 bits per heavy atom. The fourth-order valence-corrected chi connectivity index (χ4v) is 8.59. The van der Waals surface area contributed by atoms with E-state index in [9.17, 15) is 19.8 Å². The summed E-state index contributed by atoms with van der Waals surface area (Å²) in [5.74, 6) is -0.455. The fraction of sp³-hybridized carbons (Fsp3) is 0.578. The van der Waals surface area contributed by atoms with Gasteiger partial charge in [0.05, 0.1) is 44.8 Å². The van der Waals surface area contributed by atoms with Gasteiger partial charge in [-0.25, -0.2) is 9.59 Å². The minimum atomic E-state index is -1.44. The van der Waals surface area contributed by atoms with E-state index in [1.54, 1.807) is 55.5 Å². The highest BCUT2D eigenvalue weighted by molar-refractivity contribution is 6.03. The monoisotopic (exact) mass is 821 g/mol. The van der Waals surface area contributed by atoms with Crippen LogP contribution in [-0.2, 0) is 14.3 Å². The van der Waals surface area contributed by atoms with Gasteiger partial charge in [0.1, 0.15) is 35.6 Å². The zero-order valence-electron chi connectivity index (χ0n) is 35.7. The van der Waals surface area contributed by atoms with Crippen LogP contribution in [0.25, 0.3) is 0 Å². The molecule has 0 radical (unpaired) electrons. The largest absolute Gasteiger partial charge is 0.497 e. The van der Waals surface area contributed by atoms with Gasteiger partial charge in [0.25, 0.3) is 0 Å². The maximum atomic E-state index is 14.0. The average molecular weight is 822 g/mol. The van der Waals surface area contributed by atoms with Crippen molar-refractivity contribution in [2.45, 2.75) is 90.4 Å². The summed E-state index contributed by atoms with van der Waals surface area (Å²) in [6.45, 7) is 12.6. The van der Waals surface area contributed by atoms with Gasteiger partial charge < -0.3 is 48.4 Å². The number of nitrogens with zero attached hydrogens (tertiary/aromatic N) is 2. The van der Waals surface area contributed by atoms with Gasteiger partial charge in [-0.2, -0.15) is 0 Å². The number of oxime groups is 1. The summed E-state index contributed by atoms with van der Waals surface area (Å²) in [6, 6.07) is 9.62. The van der Waals surface area contributed by atoms with Crippen molar-refractivity contribution in [2.75, 3.05) is 59.6 Å². The maximum absolute atomic E-state index is 14.0. The van der Waals surface area contributed by atoms with E-state index in [0.717, 1.165) is 36.8 Å². The molecule has 3 N–H and O–H groups in total. The van der Waals surface area contributed by atoms with Crippen LogP contribution in [0.15, 0.2) is 65.9 Å². The molecule has 2 aromatic carbocycles. The average Bonchev–Trinajstić information content (AvgIpc) is 3.22. The number of aliphatic hydroxyl groups is 2. The van der Waals surface area contributed by atoms with E-state index in [4.69, 9.17) is 33.3 Å². The number of likely N-dealkylation sites (N-methyl/N-ethyl adjacent to an activating group) is 1. The molecule has 59 heavy (non-hydrogen) atoms. The van der Waals surface area contributed by atoms with Gasteiger partial charge in [0.2, 0.25) is 5.79 Å². The molecule has 1 saturated carbocycles. The Hall–Kier alpha value is -4.79. The van der Waals surface area contributed by atoms with E-state index in [-0.39, 0.29) is 61.8 Å². The van der Waals surface area contributed by atoms with Crippen molar-refractivity contribution in [3.8, 4) is 23.0 Å². The van der Waals surface area contributed by atoms with Gasteiger partial charge in [-0.3, -0.25) is 5.32 Å². The van der Waals surface area contributed by atoms with Crippen LogP contribution >= 0.6 is 0 Å². The first kappa shape index (κ1) is 45.3. The molecule has 1 aliphatic heterocycles. The number of carbonyl (C=O) groups is 2. The summed E-state index contributed by atoms with van der Waals surface area (Å²) in [7, 11) is 4.75. The van der Waals surface area contributed by atoms with Gasteiger partial charge in [-0.1, -0.05) is 50.9 Å². The number of hydrogen-bond donors (Lipinski definition) is 3. The molecule has 3 aliphatic rings. The fourth-order valence-electron chi connectivity index (χ4n) is 8.59. The van der Waals surface area contributed by atoms with Gasteiger partial charge in [-0.15, -0.1) is 6.58 Å². The minimum Gasteiger partial charge on any atom is -0.497 e. The Bertz CT molecular complexity index is 1820. The highest BCUT2D eigenvalue weighted by Gasteiger charge is 2.65. The Morgan fingerprint density at radius 3 is 2.42 bits per heavy atom. The molecule has 2 amide bonds. The molecule has 2 aliphatic carbocycles. The highest BCUT2D eigenvalue weighted by atomic mass is 16.7. The second-order valence-corrected chi connectivity index (χ2v) is 16.5. The number of anilines is 1. The molecule has 0 spiro atoms. The third-order valence-corrected chi connectivity index (χ3v) is 11.2. The molecule has 1 fully saturated rings. The van der Waals surface area contributed by atoms with Crippen LogP contribution in [0.5, 0.6) is 23.0 Å². The van der Waals surface area contributed by atoms with Gasteiger partial charge in [0.15, 0.2) is 0 Å². The predicted octanol–water partition coefficient (Wildman–Crippen LogP) is 8.08. The maximum Gasteiger partial charge on any atom is 0.417 e. The molecule has 1 heterocycles. The topological polar surface area (TPSA) is 167 Å². The summed E-state index contributed by atoms with van der Waals surface area (Å²) in [5.41, 5.74) is 2.51. The number of allylic oxidation sites excluding steroid dienone is 1. The second kappa shape index (κ2) is 20.5. The first-order valence-corrected chi connectivity index (χ1v) is 20.6. The van der Waals surface area contributed by atoms with E-state index < -0.39 is 29.9 Å². The number of unbranched alkanes of at least 4 members (excludes halogenated alkanes) is 2. The van der Waals surface area contributed by atoms with E-state index in [2.05, 4.69) is 23.1 Å². The lowest BCUT2D eigenvalue weighted by Gasteiger charge is -2.59. The third kappa shape index (κ3) is 10.5.